The van der Waals surface area contributed by atoms with Crippen LogP contribution in [-0.4, -0.2) is 78.6 Å². The van der Waals surface area contributed by atoms with Crippen molar-refractivity contribution in [1.82, 2.24) is 15.1 Å². The fraction of sp³-hybridized carbons (Fsp3) is 0.917. The molecular formula is C24H44N4O2. The summed E-state index contributed by atoms with van der Waals surface area (Å²) in [6, 6.07) is 1.25. The van der Waals surface area contributed by atoms with Gasteiger partial charge in [0.1, 0.15) is 5.60 Å². The summed E-state index contributed by atoms with van der Waals surface area (Å²) in [5, 5.41) is 3.99. The normalized spacial score (nSPS) is 28.9. The smallest absolute Gasteiger partial charge is 0.410 e. The van der Waals surface area contributed by atoms with E-state index < -0.39 is 5.60 Å². The Morgan fingerprint density at radius 1 is 1.10 bits per heavy atom. The van der Waals surface area contributed by atoms with Crippen LogP contribution in [0.5, 0.6) is 0 Å². The Balaban J connectivity index is 1.44. The molecule has 3 fully saturated rings. The van der Waals surface area contributed by atoms with Crippen LogP contribution in [0.1, 0.15) is 79.1 Å². The maximum absolute atomic E-state index is 12.4. The molecule has 0 radical (unpaired) electrons. The third-order valence-electron chi connectivity index (χ3n) is 7.47. The summed E-state index contributed by atoms with van der Waals surface area (Å²) in [5.41, 5.74) is -0.227. The Kier molecular flexibility index (Phi) is 7.83. The second-order valence-electron chi connectivity index (χ2n) is 10.9. The SMILES string of the molecule is C=NC[C@H]1CCCC[C@@H]1NC1CCN(C2(C)CCN(C(=O)OC(C)(C)C)CC2)CC1. The number of nitrogens with one attached hydrogen (secondary N) is 1. The number of aliphatic imine (C=N–C) groups is 1. The Hall–Kier alpha value is -1.14. The summed E-state index contributed by atoms with van der Waals surface area (Å²) >= 11 is 0. The maximum atomic E-state index is 12.4. The molecular weight excluding hydrogens is 376 g/mol. The van der Waals surface area contributed by atoms with Gasteiger partial charge in [0.25, 0.3) is 0 Å². The van der Waals surface area contributed by atoms with Crippen LogP contribution in [-0.2, 0) is 4.74 Å². The van der Waals surface area contributed by atoms with E-state index in [1.807, 2.05) is 25.7 Å². The van der Waals surface area contributed by atoms with Gasteiger partial charge in [0.15, 0.2) is 0 Å². The molecule has 0 bridgehead atoms. The van der Waals surface area contributed by atoms with Crippen LogP contribution >= 0.6 is 0 Å². The average molecular weight is 421 g/mol. The summed E-state index contributed by atoms with van der Waals surface area (Å²) in [6.07, 6.45) is 9.60. The molecule has 1 amide bonds. The van der Waals surface area contributed by atoms with Gasteiger partial charge in [0.05, 0.1) is 0 Å². The molecule has 0 spiro atoms. The van der Waals surface area contributed by atoms with E-state index in [2.05, 4.69) is 28.9 Å². The van der Waals surface area contributed by atoms with Crippen molar-refractivity contribution in [3.63, 3.8) is 0 Å². The molecule has 0 aromatic heterocycles. The van der Waals surface area contributed by atoms with Gasteiger partial charge in [0.2, 0.25) is 0 Å². The number of hydrogen-bond acceptors (Lipinski definition) is 5. The molecule has 172 valence electrons. The molecule has 2 saturated heterocycles. The highest BCUT2D eigenvalue weighted by Crippen LogP contribution is 2.32. The Morgan fingerprint density at radius 2 is 1.73 bits per heavy atom. The number of carbonyl (C=O) groups is 1. The van der Waals surface area contributed by atoms with Gasteiger partial charge < -0.3 is 19.9 Å². The molecule has 3 rings (SSSR count). The van der Waals surface area contributed by atoms with Crippen LogP contribution in [0.2, 0.25) is 0 Å². The third kappa shape index (κ3) is 6.19. The first-order valence-corrected chi connectivity index (χ1v) is 12.1. The highest BCUT2D eigenvalue weighted by atomic mass is 16.6. The summed E-state index contributed by atoms with van der Waals surface area (Å²) < 4.78 is 5.56. The Labute approximate surface area is 183 Å². The minimum atomic E-state index is -0.425. The lowest BCUT2D eigenvalue weighted by atomic mass is 9.83. The summed E-state index contributed by atoms with van der Waals surface area (Å²) in [5.74, 6) is 0.670. The number of hydrogen-bond donors (Lipinski definition) is 1. The van der Waals surface area contributed by atoms with Crippen LogP contribution in [0.15, 0.2) is 4.99 Å². The molecule has 1 saturated carbocycles. The first-order valence-electron chi connectivity index (χ1n) is 12.1. The molecule has 1 N–H and O–H groups in total. The summed E-state index contributed by atoms with van der Waals surface area (Å²) in [6.45, 7) is 16.7. The van der Waals surface area contributed by atoms with Crippen molar-refractivity contribution >= 4 is 12.8 Å². The zero-order valence-electron chi connectivity index (χ0n) is 19.8. The molecule has 30 heavy (non-hydrogen) atoms. The summed E-state index contributed by atoms with van der Waals surface area (Å²) in [7, 11) is 0. The van der Waals surface area contributed by atoms with Gasteiger partial charge in [-0.05, 0) is 78.9 Å². The van der Waals surface area contributed by atoms with Gasteiger partial charge in [0, 0.05) is 50.3 Å². The highest BCUT2D eigenvalue weighted by molar-refractivity contribution is 5.68. The monoisotopic (exact) mass is 420 g/mol. The van der Waals surface area contributed by atoms with E-state index in [9.17, 15) is 4.79 Å². The van der Waals surface area contributed by atoms with Crippen molar-refractivity contribution in [1.29, 1.82) is 0 Å². The van der Waals surface area contributed by atoms with Gasteiger partial charge in [-0.2, -0.15) is 0 Å². The predicted octanol–water partition coefficient (Wildman–Crippen LogP) is 4.09. The molecule has 2 heterocycles. The van der Waals surface area contributed by atoms with Crippen molar-refractivity contribution in [2.75, 3.05) is 32.7 Å². The van der Waals surface area contributed by atoms with Gasteiger partial charge in [-0.25, -0.2) is 4.79 Å². The van der Waals surface area contributed by atoms with Crippen molar-refractivity contribution in [2.24, 2.45) is 10.9 Å². The third-order valence-corrected chi connectivity index (χ3v) is 7.47. The van der Waals surface area contributed by atoms with E-state index in [0.717, 1.165) is 45.6 Å². The molecule has 0 aromatic carbocycles. The first kappa shape index (κ1) is 23.5. The van der Waals surface area contributed by atoms with Gasteiger partial charge >= 0.3 is 6.09 Å². The largest absolute Gasteiger partial charge is 0.444 e. The zero-order valence-corrected chi connectivity index (χ0v) is 19.8. The molecule has 1 aliphatic carbocycles. The van der Waals surface area contributed by atoms with E-state index in [0.29, 0.717) is 18.0 Å². The molecule has 6 nitrogen and oxygen atoms in total. The second-order valence-corrected chi connectivity index (χ2v) is 10.9. The van der Waals surface area contributed by atoms with Crippen LogP contribution in [0.25, 0.3) is 0 Å². The minimum absolute atomic E-state index is 0.163. The van der Waals surface area contributed by atoms with Gasteiger partial charge in [-0.15, -0.1) is 0 Å². The number of ether oxygens (including phenoxy) is 1. The van der Waals surface area contributed by atoms with Gasteiger partial charge in [-0.1, -0.05) is 12.8 Å². The van der Waals surface area contributed by atoms with Crippen molar-refractivity contribution in [2.45, 2.75) is 102 Å². The van der Waals surface area contributed by atoms with Crippen LogP contribution < -0.4 is 5.32 Å². The van der Waals surface area contributed by atoms with E-state index in [-0.39, 0.29) is 11.6 Å². The topological polar surface area (TPSA) is 57.2 Å². The second kappa shape index (κ2) is 9.99. The minimum Gasteiger partial charge on any atom is -0.444 e. The quantitative estimate of drug-likeness (QED) is 0.681. The molecule has 2 atom stereocenters. The van der Waals surface area contributed by atoms with E-state index in [1.54, 1.807) is 0 Å². The number of carbonyl (C=O) groups excluding carboxylic acids is 1. The number of piperidine rings is 2. The molecule has 2 aliphatic heterocycles. The molecule has 0 aromatic rings. The Morgan fingerprint density at radius 3 is 2.33 bits per heavy atom. The van der Waals surface area contributed by atoms with Crippen LogP contribution in [0.3, 0.4) is 0 Å². The molecule has 6 heteroatoms. The zero-order chi connectivity index (χ0) is 21.8. The number of rotatable bonds is 5. The average Bonchev–Trinajstić information content (AvgIpc) is 2.69. The fourth-order valence-corrected chi connectivity index (χ4v) is 5.51. The van der Waals surface area contributed by atoms with E-state index in [1.165, 1.54) is 38.5 Å². The van der Waals surface area contributed by atoms with Crippen molar-refractivity contribution in [3.8, 4) is 0 Å². The fourth-order valence-electron chi connectivity index (χ4n) is 5.51. The first-order chi connectivity index (χ1) is 14.2. The number of likely N-dealkylation sites (tertiary alicyclic amines) is 2. The maximum Gasteiger partial charge on any atom is 0.410 e. The Bertz CT molecular complexity index is 572. The number of amides is 1. The lowest BCUT2D eigenvalue weighted by Gasteiger charge is -2.49. The van der Waals surface area contributed by atoms with E-state index >= 15 is 0 Å². The predicted molar refractivity (Wildman–Crippen MR) is 123 cm³/mol. The molecule has 0 unspecified atom stereocenters. The number of nitrogens with zero attached hydrogens (tertiary/aromatic N) is 3. The van der Waals surface area contributed by atoms with Gasteiger partial charge in [-0.3, -0.25) is 4.90 Å². The van der Waals surface area contributed by atoms with Crippen LogP contribution in [0.4, 0.5) is 4.79 Å². The standard InChI is InChI=1S/C24H44N4O2/c1-23(2,3)30-22(29)27-16-12-24(4,13-17-27)28-14-10-20(11-15-28)26-21-9-7-6-8-19(21)18-25-5/h19-21,26H,5-18H2,1-4H3/t19-,21+/m1/s1. The van der Waals surface area contributed by atoms with Crippen LogP contribution in [0, 0.1) is 5.92 Å². The highest BCUT2D eigenvalue weighted by Gasteiger charge is 2.39. The molecule has 3 aliphatic rings. The summed E-state index contributed by atoms with van der Waals surface area (Å²) in [4.78, 5) is 21.1. The lowest BCUT2D eigenvalue weighted by molar-refractivity contribution is -0.00930. The van der Waals surface area contributed by atoms with Crippen molar-refractivity contribution in [3.05, 3.63) is 0 Å². The lowest BCUT2D eigenvalue weighted by Crippen LogP contribution is -2.58. The van der Waals surface area contributed by atoms with Crippen molar-refractivity contribution < 1.29 is 9.53 Å². The van der Waals surface area contributed by atoms with E-state index in [4.69, 9.17) is 4.74 Å².